The number of esters is 1. The van der Waals surface area contributed by atoms with Crippen molar-refractivity contribution in [2.24, 2.45) is 11.8 Å². The molecule has 170 valence electrons. The van der Waals surface area contributed by atoms with E-state index in [0.29, 0.717) is 12.4 Å². The number of para-hydroxylation sites is 1. The van der Waals surface area contributed by atoms with Gasteiger partial charge in [-0.15, -0.1) is 0 Å². The second-order valence-electron chi connectivity index (χ2n) is 8.98. The fourth-order valence-corrected chi connectivity index (χ4v) is 3.98. The third-order valence-electron chi connectivity index (χ3n) is 6.16. The maximum Gasteiger partial charge on any atom is 0.328 e. The molecule has 0 amide bonds. The summed E-state index contributed by atoms with van der Waals surface area (Å²) in [6.07, 6.45) is 1.23. The van der Waals surface area contributed by atoms with Crippen molar-refractivity contribution >= 4 is 22.7 Å². The van der Waals surface area contributed by atoms with Crippen LogP contribution in [0.25, 0.3) is 10.9 Å². The second kappa shape index (κ2) is 10.9. The molecular weight excluding hydrogens is 390 g/mol. The van der Waals surface area contributed by atoms with Gasteiger partial charge in [0.15, 0.2) is 0 Å². The number of rotatable bonds is 9. The van der Waals surface area contributed by atoms with Crippen LogP contribution in [-0.4, -0.2) is 71.6 Å². The summed E-state index contributed by atoms with van der Waals surface area (Å²) in [5, 5.41) is 4.25. The molecular formula is C24H37N5O2. The van der Waals surface area contributed by atoms with E-state index < -0.39 is 6.04 Å². The Bertz CT molecular complexity index is 864. The smallest absolute Gasteiger partial charge is 0.328 e. The highest BCUT2D eigenvalue weighted by Gasteiger charge is 2.25. The van der Waals surface area contributed by atoms with Crippen LogP contribution in [0.5, 0.6) is 0 Å². The first kappa shape index (κ1) is 23.4. The highest BCUT2D eigenvalue weighted by Crippen LogP contribution is 2.23. The van der Waals surface area contributed by atoms with Gasteiger partial charge in [0.2, 0.25) is 0 Å². The average molecular weight is 428 g/mol. The molecule has 0 bridgehead atoms. The number of hydrogen-bond acceptors (Lipinski definition) is 7. The van der Waals surface area contributed by atoms with Crippen molar-refractivity contribution in [1.29, 1.82) is 0 Å². The summed E-state index contributed by atoms with van der Waals surface area (Å²) in [6.45, 7) is 14.7. The summed E-state index contributed by atoms with van der Waals surface area (Å²) in [5.74, 6) is 2.01. The van der Waals surface area contributed by atoms with Gasteiger partial charge in [0.05, 0.1) is 19.2 Å². The maximum atomic E-state index is 12.3. The van der Waals surface area contributed by atoms with Crippen LogP contribution in [0.3, 0.4) is 0 Å². The Hall–Kier alpha value is -2.25. The van der Waals surface area contributed by atoms with Crippen LogP contribution in [0.2, 0.25) is 0 Å². The van der Waals surface area contributed by atoms with Gasteiger partial charge in [0.25, 0.3) is 0 Å². The lowest BCUT2D eigenvalue weighted by Crippen LogP contribution is -2.47. The fourth-order valence-electron chi connectivity index (χ4n) is 3.98. The lowest BCUT2D eigenvalue weighted by Gasteiger charge is -2.35. The molecule has 0 radical (unpaired) electrons. The number of nitrogens with one attached hydrogen (secondary N) is 1. The SMILES string of the molecule is CCC(C)CN1CCN(Cc2nc(N[C@H](C(=O)OC)C(C)C)c3ccccc3n2)CC1. The normalized spacial score (nSPS) is 17.6. The minimum absolute atomic E-state index is 0.0724. The van der Waals surface area contributed by atoms with Crippen molar-refractivity contribution in [3.63, 3.8) is 0 Å². The third kappa shape index (κ3) is 6.14. The first-order valence-corrected chi connectivity index (χ1v) is 11.5. The van der Waals surface area contributed by atoms with Crippen LogP contribution < -0.4 is 5.32 Å². The van der Waals surface area contributed by atoms with E-state index in [1.165, 1.54) is 20.1 Å². The Morgan fingerprint density at radius 3 is 2.42 bits per heavy atom. The van der Waals surface area contributed by atoms with E-state index in [2.05, 4.69) is 29.0 Å². The molecule has 7 nitrogen and oxygen atoms in total. The number of anilines is 1. The molecule has 1 saturated heterocycles. The highest BCUT2D eigenvalue weighted by molar-refractivity contribution is 5.91. The standard InChI is InChI=1S/C24H37N5O2/c1-6-18(4)15-28-11-13-29(14-12-28)16-21-25-20-10-8-7-9-19(20)23(26-21)27-22(17(2)3)24(30)31-5/h7-10,17-18,22H,6,11-16H2,1-5H3,(H,25,26,27)/t18?,22-/m0/s1. The van der Waals surface area contributed by atoms with Crippen LogP contribution in [0.1, 0.15) is 39.9 Å². The molecule has 2 aromatic rings. The molecule has 1 unspecified atom stereocenters. The number of carbonyl (C=O) groups is 1. The molecule has 0 aliphatic carbocycles. The lowest BCUT2D eigenvalue weighted by atomic mass is 10.0. The number of carbonyl (C=O) groups excluding carboxylic acids is 1. The van der Waals surface area contributed by atoms with Crippen LogP contribution >= 0.6 is 0 Å². The number of aromatic nitrogens is 2. The molecule has 0 spiro atoms. The van der Waals surface area contributed by atoms with E-state index in [0.717, 1.165) is 48.8 Å². The molecule has 1 aliphatic rings. The quantitative estimate of drug-likeness (QED) is 0.615. The summed E-state index contributed by atoms with van der Waals surface area (Å²) in [6, 6.07) is 7.48. The van der Waals surface area contributed by atoms with E-state index in [9.17, 15) is 4.79 Å². The van der Waals surface area contributed by atoms with Gasteiger partial charge in [0.1, 0.15) is 17.7 Å². The van der Waals surface area contributed by atoms with Crippen molar-refractivity contribution < 1.29 is 9.53 Å². The molecule has 7 heteroatoms. The van der Waals surface area contributed by atoms with Gasteiger partial charge in [-0.1, -0.05) is 46.2 Å². The summed E-state index contributed by atoms with van der Waals surface area (Å²) in [4.78, 5) is 26.9. The molecule has 31 heavy (non-hydrogen) atoms. The molecule has 1 aromatic heterocycles. The van der Waals surface area contributed by atoms with Crippen molar-refractivity contribution in [1.82, 2.24) is 19.8 Å². The first-order valence-electron chi connectivity index (χ1n) is 11.5. The third-order valence-corrected chi connectivity index (χ3v) is 6.16. The predicted molar refractivity (Wildman–Crippen MR) is 125 cm³/mol. The molecule has 0 saturated carbocycles. The molecule has 2 atom stereocenters. The van der Waals surface area contributed by atoms with Crippen LogP contribution in [-0.2, 0) is 16.1 Å². The summed E-state index contributed by atoms with van der Waals surface area (Å²) in [7, 11) is 1.42. The second-order valence-corrected chi connectivity index (χ2v) is 8.98. The van der Waals surface area contributed by atoms with E-state index in [1.807, 2.05) is 38.1 Å². The van der Waals surface area contributed by atoms with Crippen LogP contribution in [0, 0.1) is 11.8 Å². The van der Waals surface area contributed by atoms with Crippen molar-refractivity contribution in [3.05, 3.63) is 30.1 Å². The maximum absolute atomic E-state index is 12.3. The Balaban J connectivity index is 1.76. The van der Waals surface area contributed by atoms with Gasteiger partial charge in [-0.2, -0.15) is 0 Å². The molecule has 1 aliphatic heterocycles. The Morgan fingerprint density at radius 1 is 1.10 bits per heavy atom. The van der Waals surface area contributed by atoms with Gasteiger partial charge in [-0.3, -0.25) is 4.90 Å². The molecule has 1 aromatic carbocycles. The largest absolute Gasteiger partial charge is 0.467 e. The van der Waals surface area contributed by atoms with E-state index in [1.54, 1.807) is 0 Å². The van der Waals surface area contributed by atoms with Crippen LogP contribution in [0.4, 0.5) is 5.82 Å². The zero-order valence-electron chi connectivity index (χ0n) is 19.6. The minimum Gasteiger partial charge on any atom is -0.467 e. The van der Waals surface area contributed by atoms with Gasteiger partial charge < -0.3 is 15.0 Å². The number of piperazine rings is 1. The van der Waals surface area contributed by atoms with Gasteiger partial charge in [-0.05, 0) is 24.0 Å². The van der Waals surface area contributed by atoms with Crippen molar-refractivity contribution in [3.8, 4) is 0 Å². The molecule has 3 rings (SSSR count). The number of fused-ring (bicyclic) bond motifs is 1. The van der Waals surface area contributed by atoms with Crippen LogP contribution in [0.15, 0.2) is 24.3 Å². The zero-order valence-corrected chi connectivity index (χ0v) is 19.6. The van der Waals surface area contributed by atoms with E-state index >= 15 is 0 Å². The number of benzene rings is 1. The van der Waals surface area contributed by atoms with Gasteiger partial charge in [0, 0.05) is 38.1 Å². The summed E-state index contributed by atoms with van der Waals surface area (Å²) < 4.78 is 5.00. The first-order chi connectivity index (χ1) is 14.9. The predicted octanol–water partition coefficient (Wildman–Crippen LogP) is 3.40. The molecule has 1 fully saturated rings. The van der Waals surface area contributed by atoms with Crippen molar-refractivity contribution in [2.75, 3.05) is 45.2 Å². The van der Waals surface area contributed by atoms with Gasteiger partial charge >= 0.3 is 5.97 Å². The van der Waals surface area contributed by atoms with E-state index in [4.69, 9.17) is 14.7 Å². The summed E-state index contributed by atoms with van der Waals surface area (Å²) >= 11 is 0. The number of methoxy groups -OCH3 is 1. The average Bonchev–Trinajstić information content (AvgIpc) is 2.77. The number of hydrogen-bond donors (Lipinski definition) is 1. The zero-order chi connectivity index (χ0) is 22.4. The number of nitrogens with zero attached hydrogens (tertiary/aromatic N) is 4. The minimum atomic E-state index is -0.458. The molecule has 1 N–H and O–H groups in total. The lowest BCUT2D eigenvalue weighted by molar-refractivity contribution is -0.142. The Labute approximate surface area is 186 Å². The fraction of sp³-hybridized carbons (Fsp3) is 0.625. The summed E-state index contributed by atoms with van der Waals surface area (Å²) in [5.41, 5.74) is 0.887. The highest BCUT2D eigenvalue weighted by atomic mass is 16.5. The number of ether oxygens (including phenoxy) is 1. The van der Waals surface area contributed by atoms with E-state index in [-0.39, 0.29) is 11.9 Å². The van der Waals surface area contributed by atoms with Gasteiger partial charge in [-0.25, -0.2) is 14.8 Å². The molecule has 2 heterocycles. The van der Waals surface area contributed by atoms with Crippen molar-refractivity contribution in [2.45, 2.75) is 46.7 Å². The monoisotopic (exact) mass is 427 g/mol. The Kier molecular flexibility index (Phi) is 8.21. The Morgan fingerprint density at radius 2 is 1.77 bits per heavy atom. The topological polar surface area (TPSA) is 70.6 Å².